The van der Waals surface area contributed by atoms with E-state index in [0.717, 1.165) is 58.1 Å². The fraction of sp³-hybridized carbons (Fsp3) is 0.0286. The second kappa shape index (κ2) is 18.2. The van der Waals surface area contributed by atoms with Crippen LogP contribution in [0.3, 0.4) is 0 Å². The van der Waals surface area contributed by atoms with E-state index in [-0.39, 0.29) is 0 Å². The number of fused-ring (bicyclic) bond motifs is 8. The molecule has 74 heavy (non-hydrogen) atoms. The Hall–Kier alpha value is -9.64. The van der Waals surface area contributed by atoms with Crippen molar-refractivity contribution in [2.24, 2.45) is 0 Å². The van der Waals surface area contributed by atoms with Crippen LogP contribution in [0, 0.1) is 0 Å². The minimum atomic E-state index is 1.01. The van der Waals surface area contributed by atoms with Crippen molar-refractivity contribution in [3.8, 4) is 11.4 Å². The lowest BCUT2D eigenvalue weighted by Gasteiger charge is -2.26. The molecule has 0 amide bonds. The summed E-state index contributed by atoms with van der Waals surface area (Å²) in [6.45, 7) is 0. The van der Waals surface area contributed by atoms with Gasteiger partial charge in [-0.1, -0.05) is 170 Å². The van der Waals surface area contributed by atoms with Crippen LogP contribution in [0.1, 0.15) is 28.8 Å². The number of rotatable bonds is 10. The maximum absolute atomic E-state index is 2.47. The summed E-state index contributed by atoms with van der Waals surface area (Å²) in [5.74, 6) is 0. The zero-order valence-corrected chi connectivity index (χ0v) is 40.8. The van der Waals surface area contributed by atoms with Crippen LogP contribution in [0.2, 0.25) is 0 Å². The van der Waals surface area contributed by atoms with Gasteiger partial charge in [0.15, 0.2) is 0 Å². The van der Waals surface area contributed by atoms with E-state index in [1.807, 2.05) is 0 Å². The zero-order chi connectivity index (χ0) is 49.0. The van der Waals surface area contributed by atoms with Crippen LogP contribution in [0.5, 0.6) is 0 Å². The van der Waals surface area contributed by atoms with Gasteiger partial charge >= 0.3 is 0 Å². The molecule has 0 aliphatic heterocycles. The van der Waals surface area contributed by atoms with E-state index in [2.05, 4.69) is 298 Å². The fourth-order valence-corrected chi connectivity index (χ4v) is 11.5. The van der Waals surface area contributed by atoms with Crippen molar-refractivity contribution in [1.29, 1.82) is 0 Å². The average Bonchev–Trinajstić information content (AvgIpc) is 3.99. The Morgan fingerprint density at radius 3 is 1.34 bits per heavy atom. The van der Waals surface area contributed by atoms with E-state index in [1.54, 1.807) is 0 Å². The molecule has 0 unspecified atom stereocenters. The van der Waals surface area contributed by atoms with E-state index in [1.165, 1.54) is 76.9 Å². The van der Waals surface area contributed by atoms with Crippen molar-refractivity contribution in [2.75, 3.05) is 9.80 Å². The third kappa shape index (κ3) is 7.46. The van der Waals surface area contributed by atoms with Crippen molar-refractivity contribution < 1.29 is 0 Å². The molecule has 4 heteroatoms. The number of aromatic nitrogens is 2. The van der Waals surface area contributed by atoms with Crippen LogP contribution in [0.4, 0.5) is 34.1 Å². The molecule has 13 aromatic rings. The number of benzene rings is 11. The summed E-state index contributed by atoms with van der Waals surface area (Å²) in [6.07, 6.45) is 11.1. The summed E-state index contributed by atoms with van der Waals surface area (Å²) in [7, 11) is 0. The van der Waals surface area contributed by atoms with Crippen LogP contribution in [0.15, 0.2) is 261 Å². The molecule has 0 saturated carbocycles. The molecule has 0 saturated heterocycles. The minimum absolute atomic E-state index is 1.01. The molecule has 0 radical (unpaired) electrons. The quantitative estimate of drug-likeness (QED) is 0.127. The van der Waals surface area contributed by atoms with Gasteiger partial charge in [0.2, 0.25) is 0 Å². The zero-order valence-electron chi connectivity index (χ0n) is 40.8. The predicted octanol–water partition coefficient (Wildman–Crippen LogP) is 19.1. The van der Waals surface area contributed by atoms with E-state index in [0.29, 0.717) is 0 Å². The van der Waals surface area contributed by atoms with E-state index in [9.17, 15) is 0 Å². The largest absolute Gasteiger partial charge is 0.310 e. The molecule has 2 heterocycles. The third-order valence-electron chi connectivity index (χ3n) is 14.9. The number of allylic oxidation sites excluding steroid dienone is 1. The number of nitrogens with zero attached hydrogens (tertiary/aromatic N) is 4. The first-order valence-corrected chi connectivity index (χ1v) is 25.6. The molecular weight excluding hydrogens is 897 g/mol. The van der Waals surface area contributed by atoms with Gasteiger partial charge in [0.05, 0.1) is 27.9 Å². The molecule has 350 valence electrons. The Labute approximate surface area is 430 Å². The third-order valence-corrected chi connectivity index (χ3v) is 14.9. The molecule has 0 atom stereocenters. The Balaban J connectivity index is 0.775. The molecule has 0 bridgehead atoms. The van der Waals surface area contributed by atoms with Gasteiger partial charge in [0.25, 0.3) is 0 Å². The van der Waals surface area contributed by atoms with Gasteiger partial charge in [-0.2, -0.15) is 0 Å². The van der Waals surface area contributed by atoms with Gasteiger partial charge in [-0.3, -0.25) is 0 Å². The first kappa shape index (κ1) is 43.2. The summed E-state index contributed by atoms with van der Waals surface area (Å²) < 4.78 is 4.90. The smallest absolute Gasteiger partial charge is 0.0542 e. The molecule has 0 spiro atoms. The topological polar surface area (TPSA) is 16.3 Å². The highest BCUT2D eigenvalue weighted by molar-refractivity contribution is 6.12. The second-order valence-corrected chi connectivity index (χ2v) is 19.3. The Bertz CT molecular complexity index is 4280. The lowest BCUT2D eigenvalue weighted by molar-refractivity contribution is 0.970. The Kier molecular flexibility index (Phi) is 10.6. The van der Waals surface area contributed by atoms with Crippen molar-refractivity contribution in [3.05, 3.63) is 283 Å². The van der Waals surface area contributed by atoms with Crippen LogP contribution >= 0.6 is 0 Å². The van der Waals surface area contributed by atoms with E-state index in [4.69, 9.17) is 0 Å². The van der Waals surface area contributed by atoms with Crippen LogP contribution < -0.4 is 9.80 Å². The van der Waals surface area contributed by atoms with Crippen LogP contribution in [-0.2, 0) is 6.42 Å². The molecule has 1 aliphatic carbocycles. The van der Waals surface area contributed by atoms with Gasteiger partial charge in [0.1, 0.15) is 0 Å². The predicted molar refractivity (Wildman–Crippen MR) is 315 cm³/mol. The number of aryl methyl sites for hydroxylation is 1. The SMILES string of the molecule is C1=Cc2c(c3cc(N(c4ccccc4)c4ccc(/C=C/c5ccc(N(c6ccccc6)c6ccc7c(c6)c6ccccc6n7-c6cccc7ccccc67)cc5)cc4)ccc3n2-c2cccc3ccccc23)CC1. The number of anilines is 6. The highest BCUT2D eigenvalue weighted by atomic mass is 15.1. The molecule has 11 aromatic carbocycles. The van der Waals surface area contributed by atoms with Gasteiger partial charge in [-0.15, -0.1) is 0 Å². The molecule has 4 nitrogen and oxygen atoms in total. The van der Waals surface area contributed by atoms with E-state index >= 15 is 0 Å². The van der Waals surface area contributed by atoms with Gasteiger partial charge in [0, 0.05) is 66.7 Å². The lowest BCUT2D eigenvalue weighted by atomic mass is 10.00. The van der Waals surface area contributed by atoms with Crippen molar-refractivity contribution in [2.45, 2.75) is 12.8 Å². The number of hydrogen-bond donors (Lipinski definition) is 0. The molecule has 0 N–H and O–H groups in total. The number of para-hydroxylation sites is 3. The second-order valence-electron chi connectivity index (χ2n) is 19.3. The van der Waals surface area contributed by atoms with E-state index < -0.39 is 0 Å². The Morgan fingerprint density at radius 1 is 0.324 bits per heavy atom. The average molecular weight is 947 g/mol. The summed E-state index contributed by atoms with van der Waals surface area (Å²) in [5, 5.41) is 8.72. The monoisotopic (exact) mass is 946 g/mol. The summed E-state index contributed by atoms with van der Waals surface area (Å²) in [4.78, 5) is 4.74. The van der Waals surface area contributed by atoms with Crippen molar-refractivity contribution in [1.82, 2.24) is 9.13 Å². The standard InChI is InChI=1S/C70H50N4/c1-3-21-53(22-4-1)71(57-43-45-69-63(47-57)61-27-11-13-29-67(61)73(69)65-31-15-19-51-17-7-9-25-59(51)65)55-39-35-49(36-40-55)33-34-50-37-41-56(42-38-50)72(54-23-5-2-6-24-54)58-44-46-70-64(48-58)62-28-12-14-30-68(62)74(70)66-32-16-20-52-18-8-10-26-60(52)66/h1-11,13-27,29-48H,12,28H2/b34-33+. The molecule has 1 aliphatic rings. The van der Waals surface area contributed by atoms with Crippen molar-refractivity contribution in [3.63, 3.8) is 0 Å². The first-order valence-electron chi connectivity index (χ1n) is 25.6. The highest BCUT2D eigenvalue weighted by Gasteiger charge is 2.23. The first-order chi connectivity index (χ1) is 36.7. The van der Waals surface area contributed by atoms with Gasteiger partial charge in [-0.25, -0.2) is 0 Å². The number of hydrogen-bond acceptors (Lipinski definition) is 2. The van der Waals surface area contributed by atoms with Gasteiger partial charge < -0.3 is 18.9 Å². The minimum Gasteiger partial charge on any atom is -0.310 e. The van der Waals surface area contributed by atoms with Crippen molar-refractivity contribution >= 4 is 107 Å². The van der Waals surface area contributed by atoms with Crippen LogP contribution in [0.25, 0.3) is 83.9 Å². The molecule has 2 aromatic heterocycles. The van der Waals surface area contributed by atoms with Gasteiger partial charge in [-0.05, 0) is 150 Å². The maximum atomic E-state index is 2.47. The fourth-order valence-electron chi connectivity index (χ4n) is 11.5. The Morgan fingerprint density at radius 2 is 0.757 bits per heavy atom. The molecule has 0 fully saturated rings. The summed E-state index contributed by atoms with van der Waals surface area (Å²) in [6, 6.07) is 92.6. The summed E-state index contributed by atoms with van der Waals surface area (Å²) in [5.41, 5.74) is 17.6. The highest BCUT2D eigenvalue weighted by Crippen LogP contribution is 2.43. The molecular formula is C70H50N4. The molecule has 14 rings (SSSR count). The lowest BCUT2D eigenvalue weighted by Crippen LogP contribution is -2.09. The maximum Gasteiger partial charge on any atom is 0.0542 e. The van der Waals surface area contributed by atoms with Crippen LogP contribution in [-0.4, -0.2) is 9.13 Å². The normalized spacial score (nSPS) is 12.4. The summed E-state index contributed by atoms with van der Waals surface area (Å²) >= 11 is 0.